The highest BCUT2D eigenvalue weighted by atomic mass is 32.2. The fraction of sp³-hybridized carbons (Fsp3) is 0.185. The lowest BCUT2D eigenvalue weighted by molar-refractivity contribution is -0.123. The van der Waals surface area contributed by atoms with Crippen LogP contribution in [0.1, 0.15) is 22.3 Å². The number of amides is 2. The molecular weight excluding hydrogens is 462 g/mol. The van der Waals surface area contributed by atoms with Crippen LogP contribution in [0.25, 0.3) is 6.08 Å². The number of aryl methyl sites for hydroxylation is 3. The third-order valence-electron chi connectivity index (χ3n) is 5.52. The van der Waals surface area contributed by atoms with Gasteiger partial charge < -0.3 is 9.84 Å². The molecule has 0 bridgehead atoms. The normalized spacial score (nSPS) is 14.9. The molecule has 7 nitrogen and oxygen atoms in total. The first kappa shape index (κ1) is 24.2. The lowest BCUT2D eigenvalue weighted by Crippen LogP contribution is -2.32. The average molecular weight is 488 g/mol. The number of azo groups is 1. The second-order valence-corrected chi connectivity index (χ2v) is 9.20. The first-order chi connectivity index (χ1) is 16.8. The van der Waals surface area contributed by atoms with E-state index in [2.05, 4.69) is 10.2 Å². The van der Waals surface area contributed by atoms with Gasteiger partial charge in [0.2, 0.25) is 0 Å². The maximum Gasteiger partial charge on any atom is 0.293 e. The molecule has 1 aliphatic heterocycles. The summed E-state index contributed by atoms with van der Waals surface area (Å²) in [4.78, 5) is 26.6. The lowest BCUT2D eigenvalue weighted by Gasteiger charge is -2.13. The van der Waals surface area contributed by atoms with Crippen molar-refractivity contribution in [1.82, 2.24) is 4.90 Å². The molecule has 1 heterocycles. The van der Waals surface area contributed by atoms with Crippen molar-refractivity contribution < 1.29 is 19.4 Å². The van der Waals surface area contributed by atoms with Crippen LogP contribution in [0.2, 0.25) is 0 Å². The number of benzene rings is 3. The van der Waals surface area contributed by atoms with Crippen molar-refractivity contribution in [3.05, 3.63) is 87.8 Å². The molecule has 0 spiro atoms. The average Bonchev–Trinajstić information content (AvgIpc) is 3.09. The van der Waals surface area contributed by atoms with Crippen molar-refractivity contribution >= 4 is 40.4 Å². The van der Waals surface area contributed by atoms with Crippen molar-refractivity contribution in [2.75, 3.05) is 13.2 Å². The SMILES string of the molecule is Cc1cccc(OCCN2C(=O)S/C(=C\c3cc(N=Nc4ccc(C)c(C)c4)ccc3O)C2=O)c1. The smallest absolute Gasteiger partial charge is 0.293 e. The maximum atomic E-state index is 12.8. The second kappa shape index (κ2) is 10.6. The molecule has 2 amide bonds. The Morgan fingerprint density at radius 1 is 0.943 bits per heavy atom. The molecule has 1 fully saturated rings. The standard InChI is InChI=1S/C27H25N3O4S/c1-17-5-4-6-23(13-17)34-12-11-30-26(32)25(35-27(30)33)16-20-15-22(9-10-24(20)31)29-28-21-8-7-18(2)19(3)14-21/h4-10,13-16,31H,11-12H2,1-3H3/b25-16-,29-28?. The van der Waals surface area contributed by atoms with Crippen LogP contribution in [-0.4, -0.2) is 34.3 Å². The van der Waals surface area contributed by atoms with E-state index in [0.29, 0.717) is 17.0 Å². The molecule has 0 unspecified atom stereocenters. The summed E-state index contributed by atoms with van der Waals surface area (Å²) >= 11 is 0.831. The van der Waals surface area contributed by atoms with Gasteiger partial charge in [0.15, 0.2) is 0 Å². The third-order valence-corrected chi connectivity index (χ3v) is 6.42. The number of hydrogen-bond donors (Lipinski definition) is 1. The predicted molar refractivity (Wildman–Crippen MR) is 138 cm³/mol. The van der Waals surface area contributed by atoms with Gasteiger partial charge in [-0.15, -0.1) is 0 Å². The summed E-state index contributed by atoms with van der Waals surface area (Å²) in [5.74, 6) is 0.239. The Balaban J connectivity index is 1.45. The van der Waals surface area contributed by atoms with Gasteiger partial charge in [0.05, 0.1) is 22.8 Å². The van der Waals surface area contributed by atoms with E-state index in [1.165, 1.54) is 17.7 Å². The minimum Gasteiger partial charge on any atom is -0.507 e. The molecule has 0 aliphatic carbocycles. The summed E-state index contributed by atoms with van der Waals surface area (Å²) < 4.78 is 5.67. The molecular formula is C27H25N3O4S. The van der Waals surface area contributed by atoms with E-state index in [1.54, 1.807) is 12.1 Å². The largest absolute Gasteiger partial charge is 0.507 e. The summed E-state index contributed by atoms with van der Waals surface area (Å²) in [5, 5.41) is 18.4. The third kappa shape index (κ3) is 5.96. The number of thioether (sulfide) groups is 1. The highest BCUT2D eigenvalue weighted by Gasteiger charge is 2.35. The fourth-order valence-electron chi connectivity index (χ4n) is 3.42. The van der Waals surface area contributed by atoms with Gasteiger partial charge in [-0.2, -0.15) is 10.2 Å². The number of hydrogen-bond acceptors (Lipinski definition) is 7. The second-order valence-electron chi connectivity index (χ2n) is 8.21. The van der Waals surface area contributed by atoms with Crippen LogP contribution in [0.5, 0.6) is 11.5 Å². The zero-order valence-corrected chi connectivity index (χ0v) is 20.5. The topological polar surface area (TPSA) is 91.6 Å². The Labute approximate surface area is 208 Å². The molecule has 35 heavy (non-hydrogen) atoms. The van der Waals surface area contributed by atoms with Gasteiger partial charge in [0.1, 0.15) is 18.1 Å². The summed E-state index contributed by atoms with van der Waals surface area (Å²) in [5.41, 5.74) is 4.96. The minimum absolute atomic E-state index is 0.0234. The molecule has 0 aromatic heterocycles. The van der Waals surface area contributed by atoms with E-state index in [1.807, 2.05) is 63.2 Å². The molecule has 4 rings (SSSR count). The molecule has 8 heteroatoms. The van der Waals surface area contributed by atoms with E-state index in [9.17, 15) is 14.7 Å². The molecule has 3 aromatic rings. The molecule has 1 N–H and O–H groups in total. The van der Waals surface area contributed by atoms with Gasteiger partial charge in [-0.1, -0.05) is 18.2 Å². The summed E-state index contributed by atoms with van der Waals surface area (Å²) in [6.07, 6.45) is 1.50. The van der Waals surface area contributed by atoms with Crippen LogP contribution in [0.3, 0.4) is 0 Å². The summed E-state index contributed by atoms with van der Waals surface area (Å²) in [7, 11) is 0. The molecule has 1 saturated heterocycles. The molecule has 3 aromatic carbocycles. The van der Waals surface area contributed by atoms with Crippen LogP contribution in [0.15, 0.2) is 75.8 Å². The minimum atomic E-state index is -0.422. The fourth-order valence-corrected chi connectivity index (χ4v) is 4.27. The highest BCUT2D eigenvalue weighted by Crippen LogP contribution is 2.35. The quantitative estimate of drug-likeness (QED) is 0.291. The molecule has 0 atom stereocenters. The Kier molecular flexibility index (Phi) is 7.31. The molecule has 0 saturated carbocycles. The summed E-state index contributed by atoms with van der Waals surface area (Å²) in [6, 6.07) is 18.1. The first-order valence-electron chi connectivity index (χ1n) is 11.1. The van der Waals surface area contributed by atoms with Gasteiger partial charge in [0, 0.05) is 5.56 Å². The van der Waals surface area contributed by atoms with Crippen LogP contribution < -0.4 is 4.74 Å². The molecule has 0 radical (unpaired) electrons. The number of carbonyl (C=O) groups excluding carboxylic acids is 2. The van der Waals surface area contributed by atoms with Crippen molar-refractivity contribution in [2.24, 2.45) is 10.2 Å². The number of rotatable bonds is 7. The van der Waals surface area contributed by atoms with Gasteiger partial charge in [0.25, 0.3) is 11.1 Å². The van der Waals surface area contributed by atoms with Crippen molar-refractivity contribution in [3.63, 3.8) is 0 Å². The summed E-state index contributed by atoms with van der Waals surface area (Å²) in [6.45, 7) is 6.32. The first-order valence-corrected chi connectivity index (χ1v) is 11.9. The molecule has 178 valence electrons. The van der Waals surface area contributed by atoms with Gasteiger partial charge in [-0.3, -0.25) is 14.5 Å². The Morgan fingerprint density at radius 2 is 1.69 bits per heavy atom. The predicted octanol–water partition coefficient (Wildman–Crippen LogP) is 6.85. The van der Waals surface area contributed by atoms with Crippen LogP contribution in [-0.2, 0) is 4.79 Å². The number of phenols is 1. The Morgan fingerprint density at radius 3 is 2.43 bits per heavy atom. The number of carbonyl (C=O) groups is 2. The van der Waals surface area contributed by atoms with E-state index in [4.69, 9.17) is 4.74 Å². The number of aromatic hydroxyl groups is 1. The van der Waals surface area contributed by atoms with E-state index in [0.717, 1.165) is 33.5 Å². The number of phenolic OH excluding ortho intramolecular Hbond substituents is 1. The van der Waals surface area contributed by atoms with Crippen molar-refractivity contribution in [1.29, 1.82) is 0 Å². The maximum absolute atomic E-state index is 12.8. The molecule has 1 aliphatic rings. The number of nitrogens with zero attached hydrogens (tertiary/aromatic N) is 3. The van der Waals surface area contributed by atoms with E-state index < -0.39 is 5.91 Å². The monoisotopic (exact) mass is 487 g/mol. The Hall–Kier alpha value is -3.91. The number of ether oxygens (including phenoxy) is 1. The van der Waals surface area contributed by atoms with Crippen LogP contribution in [0, 0.1) is 20.8 Å². The van der Waals surface area contributed by atoms with E-state index >= 15 is 0 Å². The van der Waals surface area contributed by atoms with E-state index in [-0.39, 0.29) is 29.0 Å². The zero-order valence-electron chi connectivity index (χ0n) is 19.7. The van der Waals surface area contributed by atoms with Crippen molar-refractivity contribution in [2.45, 2.75) is 20.8 Å². The van der Waals surface area contributed by atoms with Crippen LogP contribution >= 0.6 is 11.8 Å². The highest BCUT2D eigenvalue weighted by molar-refractivity contribution is 8.18. The van der Waals surface area contributed by atoms with Crippen molar-refractivity contribution in [3.8, 4) is 11.5 Å². The van der Waals surface area contributed by atoms with Crippen LogP contribution in [0.4, 0.5) is 16.2 Å². The van der Waals surface area contributed by atoms with Gasteiger partial charge in [-0.05, 0) is 97.8 Å². The van der Waals surface area contributed by atoms with Gasteiger partial charge >= 0.3 is 0 Å². The zero-order chi connectivity index (χ0) is 24.9. The number of imide groups is 1. The Bertz CT molecular complexity index is 1350. The lowest BCUT2D eigenvalue weighted by atomic mass is 10.1. The van der Waals surface area contributed by atoms with Gasteiger partial charge in [-0.25, -0.2) is 0 Å².